The minimum Gasteiger partial charge on any atom is -0.331 e. The minimum atomic E-state index is 0.566. The highest BCUT2D eigenvalue weighted by Crippen LogP contribution is 2.30. The summed E-state index contributed by atoms with van der Waals surface area (Å²) in [4.78, 5) is 2.14. The summed E-state index contributed by atoms with van der Waals surface area (Å²) in [5.41, 5.74) is 4.58. The molecular weight excluding hydrogens is 335 g/mol. The summed E-state index contributed by atoms with van der Waals surface area (Å²) in [5.74, 6) is 0. The van der Waals surface area contributed by atoms with Crippen LogP contribution in [0.3, 0.4) is 0 Å². The van der Waals surface area contributed by atoms with Crippen LogP contribution in [0.5, 0.6) is 0 Å². The van der Waals surface area contributed by atoms with Gasteiger partial charge in [-0.25, -0.2) is 0 Å². The van der Waals surface area contributed by atoms with Gasteiger partial charge in [-0.1, -0.05) is 40.9 Å². The molecule has 5 heteroatoms. The van der Waals surface area contributed by atoms with E-state index in [-0.39, 0.29) is 0 Å². The summed E-state index contributed by atoms with van der Waals surface area (Å²) >= 11 is 17.7. The predicted molar refractivity (Wildman–Crippen MR) is 99.5 cm³/mol. The van der Waals surface area contributed by atoms with Gasteiger partial charge in [0.15, 0.2) is 5.11 Å². The lowest BCUT2D eigenvalue weighted by Gasteiger charge is -2.32. The number of hydrogen-bond donors (Lipinski definition) is 1. The normalized spacial score (nSPS) is 13.7. The Morgan fingerprint density at radius 3 is 2.77 bits per heavy atom. The SMILES string of the molecule is Cc1ccc2c(c1)CCCN2C(=S)Nc1ccc(Cl)cc1Cl. The minimum absolute atomic E-state index is 0.566. The fourth-order valence-corrected chi connectivity index (χ4v) is 3.47. The second-order valence-electron chi connectivity index (χ2n) is 5.44. The Balaban J connectivity index is 1.85. The van der Waals surface area contributed by atoms with Crippen molar-refractivity contribution in [3.05, 3.63) is 57.6 Å². The van der Waals surface area contributed by atoms with Crippen molar-refractivity contribution in [3.63, 3.8) is 0 Å². The molecular formula is C17H16Cl2N2S. The molecule has 0 aromatic heterocycles. The van der Waals surface area contributed by atoms with Gasteiger partial charge in [0.1, 0.15) is 0 Å². The quantitative estimate of drug-likeness (QED) is 0.688. The third-order valence-corrected chi connectivity index (χ3v) is 4.64. The van der Waals surface area contributed by atoms with Gasteiger partial charge in [-0.3, -0.25) is 0 Å². The molecule has 0 saturated carbocycles. The highest BCUT2D eigenvalue weighted by molar-refractivity contribution is 7.80. The predicted octanol–water partition coefficient (Wildman–Crippen LogP) is 5.45. The van der Waals surface area contributed by atoms with Crippen molar-refractivity contribution >= 4 is 51.9 Å². The van der Waals surface area contributed by atoms with E-state index in [4.69, 9.17) is 35.4 Å². The Kier molecular flexibility index (Phi) is 4.57. The maximum absolute atomic E-state index is 6.21. The van der Waals surface area contributed by atoms with E-state index >= 15 is 0 Å². The van der Waals surface area contributed by atoms with E-state index in [2.05, 4.69) is 35.3 Å². The monoisotopic (exact) mass is 350 g/mol. The Morgan fingerprint density at radius 2 is 2.00 bits per heavy atom. The molecule has 0 atom stereocenters. The van der Waals surface area contributed by atoms with Gasteiger partial charge >= 0.3 is 0 Å². The first-order valence-electron chi connectivity index (χ1n) is 7.18. The number of halogens is 2. The van der Waals surface area contributed by atoms with Crippen LogP contribution in [0.25, 0.3) is 0 Å². The lowest BCUT2D eigenvalue weighted by Crippen LogP contribution is -2.38. The fourth-order valence-electron chi connectivity index (χ4n) is 2.71. The summed E-state index contributed by atoms with van der Waals surface area (Å²) in [5, 5.41) is 5.07. The summed E-state index contributed by atoms with van der Waals surface area (Å²) in [6.45, 7) is 3.02. The summed E-state index contributed by atoms with van der Waals surface area (Å²) in [7, 11) is 0. The van der Waals surface area contributed by atoms with Crippen LogP contribution in [-0.2, 0) is 6.42 Å². The highest BCUT2D eigenvalue weighted by Gasteiger charge is 2.20. The summed E-state index contributed by atoms with van der Waals surface area (Å²) < 4.78 is 0. The molecule has 0 amide bonds. The van der Waals surface area contributed by atoms with Gasteiger partial charge in [0.2, 0.25) is 0 Å². The molecule has 0 aliphatic carbocycles. The molecule has 0 bridgehead atoms. The van der Waals surface area contributed by atoms with Crippen molar-refractivity contribution in [2.45, 2.75) is 19.8 Å². The van der Waals surface area contributed by atoms with Gasteiger partial charge in [0.25, 0.3) is 0 Å². The molecule has 0 radical (unpaired) electrons. The van der Waals surface area contributed by atoms with Crippen LogP contribution in [0.2, 0.25) is 10.0 Å². The topological polar surface area (TPSA) is 15.3 Å². The van der Waals surface area contributed by atoms with Crippen molar-refractivity contribution in [2.24, 2.45) is 0 Å². The number of nitrogens with zero attached hydrogens (tertiary/aromatic N) is 1. The van der Waals surface area contributed by atoms with Crippen LogP contribution >= 0.6 is 35.4 Å². The van der Waals surface area contributed by atoms with Gasteiger partial charge < -0.3 is 10.2 Å². The Bertz CT molecular complexity index is 731. The number of benzene rings is 2. The molecule has 2 aromatic carbocycles. The third kappa shape index (κ3) is 3.22. The van der Waals surface area contributed by atoms with E-state index < -0.39 is 0 Å². The van der Waals surface area contributed by atoms with E-state index in [1.165, 1.54) is 16.8 Å². The molecule has 2 nitrogen and oxygen atoms in total. The van der Waals surface area contributed by atoms with Crippen LogP contribution in [0.4, 0.5) is 11.4 Å². The molecule has 0 saturated heterocycles. The third-order valence-electron chi connectivity index (χ3n) is 3.77. The Morgan fingerprint density at radius 1 is 1.18 bits per heavy atom. The fraction of sp³-hybridized carbons (Fsp3) is 0.235. The van der Waals surface area contributed by atoms with E-state index in [0.29, 0.717) is 15.2 Å². The second kappa shape index (κ2) is 6.45. The first kappa shape index (κ1) is 15.6. The molecule has 2 aromatic rings. The van der Waals surface area contributed by atoms with E-state index in [1.807, 2.05) is 6.07 Å². The average molecular weight is 351 g/mol. The molecule has 1 aliphatic rings. The lowest BCUT2D eigenvalue weighted by atomic mass is 10.00. The second-order valence-corrected chi connectivity index (χ2v) is 6.67. The number of nitrogens with one attached hydrogen (secondary N) is 1. The van der Waals surface area contributed by atoms with Crippen LogP contribution in [0, 0.1) is 6.92 Å². The van der Waals surface area contributed by atoms with Crippen LogP contribution in [0.1, 0.15) is 17.5 Å². The Labute approximate surface area is 146 Å². The van der Waals surface area contributed by atoms with Crippen LogP contribution < -0.4 is 10.2 Å². The van der Waals surface area contributed by atoms with E-state index in [9.17, 15) is 0 Å². The molecule has 22 heavy (non-hydrogen) atoms. The zero-order valence-corrected chi connectivity index (χ0v) is 14.5. The van der Waals surface area contributed by atoms with Crippen molar-refractivity contribution < 1.29 is 0 Å². The van der Waals surface area contributed by atoms with Gasteiger partial charge in [-0.15, -0.1) is 0 Å². The number of fused-ring (bicyclic) bond motifs is 1. The number of anilines is 2. The van der Waals surface area contributed by atoms with Gasteiger partial charge in [-0.2, -0.15) is 0 Å². The van der Waals surface area contributed by atoms with Crippen LogP contribution in [0.15, 0.2) is 36.4 Å². The van der Waals surface area contributed by atoms with Gasteiger partial charge in [-0.05, 0) is 61.8 Å². The van der Waals surface area contributed by atoms with Crippen molar-refractivity contribution in [2.75, 3.05) is 16.8 Å². The smallest absolute Gasteiger partial charge is 0.177 e. The molecule has 1 N–H and O–H groups in total. The number of aryl methyl sites for hydroxylation is 2. The molecule has 0 unspecified atom stereocenters. The standard InChI is InChI=1S/C17H16Cl2N2S/c1-11-4-7-16-12(9-11)3-2-8-21(16)17(22)20-15-6-5-13(18)10-14(15)19/h4-7,9-10H,2-3,8H2,1H3,(H,20,22). The van der Waals surface area contributed by atoms with Crippen molar-refractivity contribution in [1.29, 1.82) is 0 Å². The summed E-state index contributed by atoms with van der Waals surface area (Å²) in [6.07, 6.45) is 2.18. The molecule has 1 heterocycles. The summed E-state index contributed by atoms with van der Waals surface area (Å²) in [6, 6.07) is 11.8. The maximum Gasteiger partial charge on any atom is 0.177 e. The lowest BCUT2D eigenvalue weighted by molar-refractivity contribution is 0.780. The molecule has 1 aliphatic heterocycles. The number of hydrogen-bond acceptors (Lipinski definition) is 1. The van der Waals surface area contributed by atoms with Gasteiger partial charge in [0, 0.05) is 17.3 Å². The van der Waals surface area contributed by atoms with E-state index in [0.717, 1.165) is 25.1 Å². The van der Waals surface area contributed by atoms with Crippen molar-refractivity contribution in [3.8, 4) is 0 Å². The number of thiocarbonyl (C=S) groups is 1. The highest BCUT2D eigenvalue weighted by atomic mass is 35.5. The maximum atomic E-state index is 6.21. The molecule has 114 valence electrons. The Hall–Kier alpha value is -1.29. The van der Waals surface area contributed by atoms with Gasteiger partial charge in [0.05, 0.1) is 10.7 Å². The van der Waals surface area contributed by atoms with Crippen LogP contribution in [-0.4, -0.2) is 11.7 Å². The zero-order valence-electron chi connectivity index (χ0n) is 12.2. The molecule has 0 spiro atoms. The zero-order chi connectivity index (χ0) is 15.7. The molecule has 3 rings (SSSR count). The van der Waals surface area contributed by atoms with E-state index in [1.54, 1.807) is 12.1 Å². The number of rotatable bonds is 1. The molecule has 0 fully saturated rings. The largest absolute Gasteiger partial charge is 0.331 e. The first-order chi connectivity index (χ1) is 10.5. The average Bonchev–Trinajstić information content (AvgIpc) is 2.49. The first-order valence-corrected chi connectivity index (χ1v) is 8.34. The van der Waals surface area contributed by atoms with Crippen molar-refractivity contribution in [1.82, 2.24) is 0 Å².